The van der Waals surface area contributed by atoms with E-state index in [0.29, 0.717) is 0 Å². The summed E-state index contributed by atoms with van der Waals surface area (Å²) in [6, 6.07) is 0. The van der Waals surface area contributed by atoms with Crippen molar-refractivity contribution in [2.24, 2.45) is 5.41 Å². The molecule has 0 aromatic carbocycles. The molecule has 0 saturated heterocycles. The predicted molar refractivity (Wildman–Crippen MR) is 111 cm³/mol. The fraction of sp³-hybridized carbons (Fsp3) is 0.762. The molecule has 25 heavy (non-hydrogen) atoms. The molecular formula is C21H39BN2O. The van der Waals surface area contributed by atoms with Crippen LogP contribution in [0.3, 0.4) is 0 Å². The van der Waals surface area contributed by atoms with E-state index in [1.807, 2.05) is 12.3 Å². The van der Waals surface area contributed by atoms with Gasteiger partial charge in [0.25, 0.3) is 0 Å². The van der Waals surface area contributed by atoms with E-state index in [0.717, 1.165) is 12.0 Å². The zero-order valence-electron chi connectivity index (χ0n) is 17.5. The van der Waals surface area contributed by atoms with Gasteiger partial charge in [-0.1, -0.05) is 72.2 Å². The van der Waals surface area contributed by atoms with E-state index >= 15 is 0 Å². The average molecular weight is 346 g/mol. The van der Waals surface area contributed by atoms with E-state index in [9.17, 15) is 0 Å². The number of aryl methyl sites for hydroxylation is 1. The normalized spacial score (nSPS) is 12.4. The van der Waals surface area contributed by atoms with Gasteiger partial charge in [-0.2, -0.15) is 5.10 Å². The first-order chi connectivity index (χ1) is 11.7. The molecular weight excluding hydrogens is 307 g/mol. The van der Waals surface area contributed by atoms with Crippen LogP contribution < -0.4 is 5.46 Å². The van der Waals surface area contributed by atoms with Gasteiger partial charge in [-0.3, -0.25) is 4.68 Å². The van der Waals surface area contributed by atoms with Crippen LogP contribution in [-0.4, -0.2) is 22.3 Å². The standard InChI is InChI=1S/C21H39BN2O/c1-8-10-11-12-13-14-15-16-24-18-19(17-23-24)22(7)25-21(5,6)20(3,4)9-2/h9,17-18H,2,8,10-16H2,1,3-7H3. The van der Waals surface area contributed by atoms with Gasteiger partial charge in [-0.25, -0.2) is 0 Å². The maximum Gasteiger partial charge on any atom is 0.327 e. The van der Waals surface area contributed by atoms with Crippen molar-refractivity contribution in [2.45, 2.75) is 98.5 Å². The fourth-order valence-corrected chi connectivity index (χ4v) is 2.85. The maximum atomic E-state index is 6.35. The largest absolute Gasteiger partial charge is 0.425 e. The van der Waals surface area contributed by atoms with Crippen LogP contribution in [0.15, 0.2) is 25.0 Å². The second kappa shape index (κ2) is 10.2. The molecule has 0 unspecified atom stereocenters. The first kappa shape index (κ1) is 22.0. The summed E-state index contributed by atoms with van der Waals surface area (Å²) in [5.74, 6) is 0. The molecule has 0 spiro atoms. The highest BCUT2D eigenvalue weighted by Gasteiger charge is 2.37. The number of aromatic nitrogens is 2. The quantitative estimate of drug-likeness (QED) is 0.269. The Morgan fingerprint density at radius 2 is 1.72 bits per heavy atom. The molecule has 0 radical (unpaired) electrons. The highest BCUT2D eigenvalue weighted by molar-refractivity contribution is 6.66. The van der Waals surface area contributed by atoms with Crippen LogP contribution >= 0.6 is 0 Å². The zero-order valence-corrected chi connectivity index (χ0v) is 17.5. The molecule has 142 valence electrons. The minimum atomic E-state index is -0.283. The lowest BCUT2D eigenvalue weighted by molar-refractivity contribution is 0.0184. The van der Waals surface area contributed by atoms with Crippen molar-refractivity contribution in [3.8, 4) is 0 Å². The third-order valence-corrected chi connectivity index (χ3v) is 5.65. The van der Waals surface area contributed by atoms with Gasteiger partial charge in [0, 0.05) is 24.4 Å². The summed E-state index contributed by atoms with van der Waals surface area (Å²) in [5.41, 5.74) is 0.778. The number of rotatable bonds is 13. The average Bonchev–Trinajstić information content (AvgIpc) is 3.02. The van der Waals surface area contributed by atoms with Crippen LogP contribution in [0.25, 0.3) is 0 Å². The first-order valence-electron chi connectivity index (χ1n) is 10.1. The molecule has 1 aromatic heterocycles. The van der Waals surface area contributed by atoms with Crippen LogP contribution in [0, 0.1) is 5.41 Å². The molecule has 0 aliphatic carbocycles. The molecule has 1 aromatic rings. The van der Waals surface area contributed by atoms with E-state index in [1.54, 1.807) is 0 Å². The van der Waals surface area contributed by atoms with Crippen LogP contribution in [0.1, 0.15) is 79.6 Å². The number of hydrogen-bond acceptors (Lipinski definition) is 2. The van der Waals surface area contributed by atoms with Crippen molar-refractivity contribution >= 4 is 12.4 Å². The van der Waals surface area contributed by atoms with Crippen molar-refractivity contribution in [1.29, 1.82) is 0 Å². The Labute approximate surface area is 156 Å². The van der Waals surface area contributed by atoms with E-state index in [4.69, 9.17) is 4.65 Å². The van der Waals surface area contributed by atoms with E-state index in [-0.39, 0.29) is 17.9 Å². The molecule has 0 atom stereocenters. The topological polar surface area (TPSA) is 27.1 Å². The monoisotopic (exact) mass is 346 g/mol. The molecule has 1 heterocycles. The summed E-state index contributed by atoms with van der Waals surface area (Å²) in [5, 5.41) is 4.51. The van der Waals surface area contributed by atoms with Crippen LogP contribution in [-0.2, 0) is 11.2 Å². The number of unbranched alkanes of at least 4 members (excludes halogenated alkanes) is 6. The molecule has 0 fully saturated rings. The van der Waals surface area contributed by atoms with Gasteiger partial charge in [-0.05, 0) is 25.7 Å². The minimum absolute atomic E-state index is 0.0250. The summed E-state index contributed by atoms with van der Waals surface area (Å²) in [4.78, 5) is 0. The number of hydrogen-bond donors (Lipinski definition) is 0. The number of nitrogens with zero attached hydrogens (tertiary/aromatic N) is 2. The Balaban J connectivity index is 2.42. The Hall–Kier alpha value is -1.03. The van der Waals surface area contributed by atoms with Crippen molar-refractivity contribution in [3.63, 3.8) is 0 Å². The Kier molecular flexibility index (Phi) is 8.99. The lowest BCUT2D eigenvalue weighted by Crippen LogP contribution is -2.47. The van der Waals surface area contributed by atoms with Gasteiger partial charge >= 0.3 is 6.92 Å². The summed E-state index contributed by atoms with van der Waals surface area (Å²) < 4.78 is 8.41. The summed E-state index contributed by atoms with van der Waals surface area (Å²) in [6.07, 6.45) is 15.4. The molecule has 0 aliphatic rings. The van der Waals surface area contributed by atoms with Gasteiger partial charge < -0.3 is 4.65 Å². The highest BCUT2D eigenvalue weighted by Crippen LogP contribution is 2.35. The molecule has 0 saturated carbocycles. The zero-order chi connectivity index (χ0) is 18.9. The van der Waals surface area contributed by atoms with Crippen molar-refractivity contribution in [1.82, 2.24) is 9.78 Å². The lowest BCUT2D eigenvalue weighted by atomic mass is 9.63. The molecule has 3 nitrogen and oxygen atoms in total. The molecule has 0 bridgehead atoms. The Morgan fingerprint density at radius 1 is 1.12 bits per heavy atom. The van der Waals surface area contributed by atoms with E-state index in [2.05, 4.69) is 64.0 Å². The lowest BCUT2D eigenvalue weighted by Gasteiger charge is -2.41. The van der Waals surface area contributed by atoms with Crippen molar-refractivity contribution in [2.75, 3.05) is 0 Å². The molecule has 1 rings (SSSR count). The smallest absolute Gasteiger partial charge is 0.327 e. The van der Waals surface area contributed by atoms with Crippen molar-refractivity contribution in [3.05, 3.63) is 25.0 Å². The van der Waals surface area contributed by atoms with Crippen LogP contribution in [0.5, 0.6) is 0 Å². The SMILES string of the molecule is C=CC(C)(C)C(C)(C)OB(C)c1cnn(CCCCCCCCC)c1. The van der Waals surface area contributed by atoms with Gasteiger partial charge in [0.05, 0.1) is 5.60 Å². The first-order valence-corrected chi connectivity index (χ1v) is 10.1. The molecule has 0 amide bonds. The van der Waals surface area contributed by atoms with Gasteiger partial charge in [0.1, 0.15) is 0 Å². The summed E-state index contributed by atoms with van der Waals surface area (Å²) in [6.45, 7) is 17.9. The fourth-order valence-electron chi connectivity index (χ4n) is 2.85. The molecule has 0 aliphatic heterocycles. The van der Waals surface area contributed by atoms with Crippen molar-refractivity contribution < 1.29 is 4.65 Å². The Morgan fingerprint density at radius 3 is 2.32 bits per heavy atom. The van der Waals surface area contributed by atoms with Gasteiger partial charge in [0.15, 0.2) is 0 Å². The van der Waals surface area contributed by atoms with E-state index in [1.165, 1.54) is 44.9 Å². The third kappa shape index (κ3) is 7.01. The molecule has 0 N–H and O–H groups in total. The van der Waals surface area contributed by atoms with Crippen LogP contribution in [0.4, 0.5) is 0 Å². The highest BCUT2D eigenvalue weighted by atomic mass is 16.5. The Bertz CT molecular complexity index is 508. The second-order valence-corrected chi connectivity index (χ2v) is 8.35. The van der Waals surface area contributed by atoms with Crippen LogP contribution in [0.2, 0.25) is 6.82 Å². The maximum absolute atomic E-state index is 6.35. The van der Waals surface area contributed by atoms with Gasteiger partial charge in [-0.15, -0.1) is 6.58 Å². The summed E-state index contributed by atoms with van der Waals surface area (Å²) in [7, 11) is 0. The van der Waals surface area contributed by atoms with Gasteiger partial charge in [0.2, 0.25) is 0 Å². The predicted octanol–water partition coefficient (Wildman–Crippen LogP) is 5.47. The summed E-state index contributed by atoms with van der Waals surface area (Å²) >= 11 is 0. The van der Waals surface area contributed by atoms with E-state index < -0.39 is 0 Å². The molecule has 4 heteroatoms. The third-order valence-electron chi connectivity index (χ3n) is 5.65. The second-order valence-electron chi connectivity index (χ2n) is 8.35. The minimum Gasteiger partial charge on any atom is -0.425 e.